The number of hydrogen-bond donors (Lipinski definition) is 4. The Morgan fingerprint density at radius 3 is 2.50 bits per heavy atom. The fraction of sp³-hybridized carbons (Fsp3) is 0.577. The number of halogens is 1. The molecule has 4 aliphatic heterocycles. The molecule has 8 heterocycles. The van der Waals surface area contributed by atoms with Gasteiger partial charge >= 0.3 is 13.6 Å². The van der Waals surface area contributed by atoms with Crippen LogP contribution < -0.4 is 11.3 Å². The predicted octanol–water partition coefficient (Wildman–Crippen LogP) is 2.42. The lowest BCUT2D eigenvalue weighted by atomic mass is 10.1. The lowest BCUT2D eigenvalue weighted by Gasteiger charge is -2.26. The molecule has 0 radical (unpaired) electrons. The van der Waals surface area contributed by atoms with Crippen LogP contribution in [0.1, 0.15) is 24.4 Å². The molecule has 4 aliphatic rings. The van der Waals surface area contributed by atoms with E-state index in [-0.39, 0.29) is 24.3 Å². The molecule has 3 saturated heterocycles. The van der Waals surface area contributed by atoms with Crippen molar-refractivity contribution < 1.29 is 46.2 Å². The first-order valence-electron chi connectivity index (χ1n) is 15.5. The summed E-state index contributed by atoms with van der Waals surface area (Å²) in [7, 11) is 0. The highest BCUT2D eigenvalue weighted by Crippen LogP contribution is 2.60. The van der Waals surface area contributed by atoms with E-state index >= 15 is 4.39 Å². The van der Waals surface area contributed by atoms with E-state index in [1.807, 2.05) is 0 Å². The second-order valence-corrected chi connectivity index (χ2v) is 18.8. The number of aromatic nitrogens is 7. The number of hydrogen-bond acceptors (Lipinski definition) is 16. The van der Waals surface area contributed by atoms with Crippen molar-refractivity contribution in [2.24, 2.45) is 5.73 Å². The van der Waals surface area contributed by atoms with Gasteiger partial charge in [-0.25, -0.2) is 33.5 Å². The van der Waals surface area contributed by atoms with Crippen LogP contribution in [0, 0.1) is 0 Å². The van der Waals surface area contributed by atoms with Gasteiger partial charge in [-0.05, 0) is 24.2 Å². The molecule has 3 N–H and O–H groups in total. The van der Waals surface area contributed by atoms with Gasteiger partial charge in [-0.2, -0.15) is 0 Å². The summed E-state index contributed by atoms with van der Waals surface area (Å²) in [6.07, 6.45) is -4.48. The van der Waals surface area contributed by atoms with E-state index in [0.717, 1.165) is 34.6 Å². The summed E-state index contributed by atoms with van der Waals surface area (Å²) < 4.78 is 82.5. The molecule has 8 rings (SSSR count). The lowest BCUT2D eigenvalue weighted by molar-refractivity contribution is -0.0568. The van der Waals surface area contributed by atoms with Crippen LogP contribution in [-0.4, -0.2) is 101 Å². The van der Waals surface area contributed by atoms with Gasteiger partial charge in [-0.3, -0.25) is 32.0 Å². The van der Waals surface area contributed by atoms with Crippen LogP contribution in [0.25, 0.3) is 22.2 Å². The number of aliphatic hydroxyl groups is 1. The van der Waals surface area contributed by atoms with Crippen molar-refractivity contribution in [3.05, 3.63) is 41.1 Å². The van der Waals surface area contributed by atoms with Crippen molar-refractivity contribution in [2.45, 2.75) is 73.6 Å². The molecule has 4 aromatic rings. The Kier molecular flexibility index (Phi) is 9.48. The minimum Gasteiger partial charge on any atom is -0.387 e. The van der Waals surface area contributed by atoms with Crippen LogP contribution in [-0.2, 0) is 49.7 Å². The molecule has 50 heavy (non-hydrogen) atoms. The molecule has 0 saturated carbocycles. The number of aliphatic hydroxyl groups excluding tert-OH is 1. The minimum absolute atomic E-state index is 0.0218. The number of thioether (sulfide) groups is 1. The third kappa shape index (κ3) is 6.29. The normalized spacial score (nSPS) is 36.5. The summed E-state index contributed by atoms with van der Waals surface area (Å²) in [5.41, 5.74) is 6.54. The molecule has 0 aromatic carbocycles. The molecular weight excluding hydrogens is 761 g/mol. The molecule has 2 unspecified atom stereocenters. The Bertz CT molecular complexity index is 2110. The average molecular weight is 793 g/mol. The van der Waals surface area contributed by atoms with Crippen LogP contribution in [0.15, 0.2) is 35.0 Å². The van der Waals surface area contributed by atoms with E-state index in [1.54, 1.807) is 18.0 Å². The first-order chi connectivity index (χ1) is 23.9. The molecular formula is C26H31FN8O10P2S3. The largest absolute Gasteiger partial charge is 0.387 e. The second-order valence-electron chi connectivity index (χ2n) is 12.0. The first kappa shape index (κ1) is 35.1. The zero-order valence-corrected chi connectivity index (χ0v) is 30.2. The molecule has 4 aromatic heterocycles. The zero-order valence-electron chi connectivity index (χ0n) is 25.8. The van der Waals surface area contributed by atoms with Gasteiger partial charge in [0, 0.05) is 19.3 Å². The van der Waals surface area contributed by atoms with Crippen molar-refractivity contribution in [1.29, 1.82) is 0 Å². The van der Waals surface area contributed by atoms with Crippen molar-refractivity contribution in [2.75, 3.05) is 25.5 Å². The standard InChI is InChI=1S/C26H31FN8O10P2S3/c27-16-19-14(43-25(16)34-6-12-2-1-5-50-23-15(12)21(34)29-9-30-23)8-41-47(39,49)45-20-18(36)13(7-40-46(38,48)44-19)42-26(20)35-11-31-17-22(35)32-10-33(4-3-28)24(17)37/h6,9-11,13-14,16,18-20,25-26,36H,1-5,7-8,28H2,(H,38,48)(H,39,49)/t13-,14-,16-,18-,19-,20-,25-,26-,46?,47?/m1/s1. The van der Waals surface area contributed by atoms with Gasteiger partial charge in [0.1, 0.15) is 53.8 Å². The van der Waals surface area contributed by atoms with Crippen molar-refractivity contribution in [3.63, 3.8) is 0 Å². The highest BCUT2D eigenvalue weighted by Gasteiger charge is 2.54. The smallest absolute Gasteiger partial charge is 0.386 e. The molecule has 0 spiro atoms. The van der Waals surface area contributed by atoms with Crippen LogP contribution >= 0.6 is 49.9 Å². The fourth-order valence-corrected chi connectivity index (χ4v) is 10.5. The number of nitrogens with zero attached hydrogens (tertiary/aromatic N) is 7. The SMILES string of the molecule is NCCn1cnc2c(ncn2[C@@H]2O[C@@H]3COP(=O)(S)O[C@H]4[C@@H](F)[C@H](n5cc6c7c(ncnc75)SCCC6)O[C@@H]4COP(=O)(S)O[C@@H]2[C@@H]3O)c1=O. The number of imidazole rings is 1. The van der Waals surface area contributed by atoms with Crippen LogP contribution in [0.5, 0.6) is 0 Å². The maximum Gasteiger partial charge on any atom is 0.386 e. The van der Waals surface area contributed by atoms with E-state index in [4.69, 9.17) is 33.3 Å². The van der Waals surface area contributed by atoms with Gasteiger partial charge in [0.15, 0.2) is 29.8 Å². The van der Waals surface area contributed by atoms with E-state index < -0.39 is 81.5 Å². The minimum atomic E-state index is -4.39. The van der Waals surface area contributed by atoms with Crippen molar-refractivity contribution in [3.8, 4) is 0 Å². The second kappa shape index (κ2) is 13.5. The average Bonchev–Trinajstić information content (AvgIpc) is 3.78. The maximum absolute atomic E-state index is 16.4. The number of alkyl halides is 1. The van der Waals surface area contributed by atoms with Gasteiger partial charge in [0.05, 0.1) is 24.9 Å². The number of rotatable bonds is 4. The third-order valence-corrected chi connectivity index (χ3v) is 13.1. The Hall–Kier alpha value is -1.91. The first-order valence-corrected chi connectivity index (χ1v) is 21.9. The Labute approximate surface area is 296 Å². The lowest BCUT2D eigenvalue weighted by Crippen LogP contribution is -2.35. The zero-order chi connectivity index (χ0) is 34.9. The summed E-state index contributed by atoms with van der Waals surface area (Å²) in [6, 6.07) is 0. The highest BCUT2D eigenvalue weighted by atomic mass is 32.7. The van der Waals surface area contributed by atoms with Crippen molar-refractivity contribution in [1.82, 2.24) is 33.6 Å². The molecule has 18 nitrogen and oxygen atoms in total. The van der Waals surface area contributed by atoms with Gasteiger partial charge in [-0.1, -0.05) is 24.5 Å². The molecule has 270 valence electrons. The molecule has 3 fully saturated rings. The van der Waals surface area contributed by atoms with E-state index in [0.29, 0.717) is 5.65 Å². The molecule has 10 atom stereocenters. The number of thiol groups is 2. The Morgan fingerprint density at radius 1 is 0.980 bits per heavy atom. The molecule has 2 bridgehead atoms. The Morgan fingerprint density at radius 2 is 1.72 bits per heavy atom. The van der Waals surface area contributed by atoms with Crippen LogP contribution in [0.4, 0.5) is 4.39 Å². The highest BCUT2D eigenvalue weighted by molar-refractivity contribution is 8.44. The fourth-order valence-electron chi connectivity index (χ4n) is 6.56. The van der Waals surface area contributed by atoms with Gasteiger partial charge < -0.3 is 24.9 Å². The monoisotopic (exact) mass is 792 g/mol. The number of aryl methyl sites for hydroxylation is 1. The molecule has 24 heteroatoms. The molecule has 0 aliphatic carbocycles. The van der Waals surface area contributed by atoms with Crippen LogP contribution in [0.3, 0.4) is 0 Å². The summed E-state index contributed by atoms with van der Waals surface area (Å²) in [6.45, 7) is -9.57. The van der Waals surface area contributed by atoms with Gasteiger partial charge in [0.2, 0.25) is 0 Å². The molecule has 0 amide bonds. The third-order valence-electron chi connectivity index (χ3n) is 8.84. The predicted molar refractivity (Wildman–Crippen MR) is 181 cm³/mol. The number of fused-ring (bicyclic) bond motifs is 4. The summed E-state index contributed by atoms with van der Waals surface area (Å²) in [5, 5.41) is 12.8. The van der Waals surface area contributed by atoms with E-state index in [2.05, 4.69) is 44.4 Å². The Balaban J connectivity index is 1.10. The van der Waals surface area contributed by atoms with Gasteiger partial charge in [0.25, 0.3) is 5.56 Å². The number of nitrogens with two attached hydrogens (primary N) is 1. The summed E-state index contributed by atoms with van der Waals surface area (Å²) in [5.74, 6) is 0.876. The number of ether oxygens (including phenoxy) is 2. The van der Waals surface area contributed by atoms with Gasteiger partial charge in [-0.15, -0.1) is 11.8 Å². The maximum atomic E-state index is 16.4. The quantitative estimate of drug-likeness (QED) is 0.133. The summed E-state index contributed by atoms with van der Waals surface area (Å²) in [4.78, 5) is 30.2. The van der Waals surface area contributed by atoms with E-state index in [1.165, 1.54) is 32.7 Å². The van der Waals surface area contributed by atoms with Crippen molar-refractivity contribution >= 4 is 72.1 Å². The topological polar surface area (TPSA) is 219 Å². The van der Waals surface area contributed by atoms with E-state index in [9.17, 15) is 19.0 Å². The summed E-state index contributed by atoms with van der Waals surface area (Å²) >= 11 is 9.82. The van der Waals surface area contributed by atoms with Crippen LogP contribution in [0.2, 0.25) is 0 Å².